The molecule has 11 heteroatoms. The quantitative estimate of drug-likeness (QED) is 0.183. The molecular weight excluding hydrogens is 612 g/mol. The van der Waals surface area contributed by atoms with Crippen molar-refractivity contribution in [2.75, 3.05) is 32.3 Å². The van der Waals surface area contributed by atoms with Gasteiger partial charge in [0.05, 0.1) is 27.4 Å². The van der Waals surface area contributed by atoms with Crippen LogP contribution in [0.25, 0.3) is 11.5 Å². The van der Waals surface area contributed by atoms with Gasteiger partial charge in [-0.25, -0.2) is 4.99 Å². The smallest absolute Gasteiger partial charge is 0.260 e. The summed E-state index contributed by atoms with van der Waals surface area (Å²) < 4.78 is 28.8. The van der Waals surface area contributed by atoms with E-state index in [1.165, 1.54) is 0 Å². The van der Waals surface area contributed by atoms with Gasteiger partial charge >= 0.3 is 0 Å². The number of fused-ring (bicyclic) bond motifs is 1. The summed E-state index contributed by atoms with van der Waals surface area (Å²) in [6.07, 6.45) is 0.0940. The number of amides is 1. The summed E-state index contributed by atoms with van der Waals surface area (Å²) in [6.45, 7) is 0.522. The van der Waals surface area contributed by atoms with Crippen LogP contribution in [0.4, 0.5) is 5.69 Å². The molecule has 2 aliphatic heterocycles. The molecule has 0 saturated heterocycles. The Morgan fingerprint density at radius 1 is 0.896 bits per heavy atom. The summed E-state index contributed by atoms with van der Waals surface area (Å²) in [7, 11) is 3.21. The van der Waals surface area contributed by atoms with Crippen LogP contribution < -0.4 is 19.1 Å². The summed E-state index contributed by atoms with van der Waals surface area (Å²) >= 11 is 0. The molecule has 7 rings (SSSR count). The van der Waals surface area contributed by atoms with E-state index in [-0.39, 0.29) is 19.1 Å². The van der Waals surface area contributed by atoms with Crippen molar-refractivity contribution in [1.29, 1.82) is 0 Å². The van der Waals surface area contributed by atoms with E-state index in [0.717, 1.165) is 22.4 Å². The van der Waals surface area contributed by atoms with Crippen LogP contribution in [0, 0.1) is 0 Å². The van der Waals surface area contributed by atoms with Gasteiger partial charge < -0.3 is 33.5 Å². The molecule has 0 radical (unpaired) electrons. The average Bonchev–Trinajstić information content (AvgIpc) is 3.76. The van der Waals surface area contributed by atoms with Crippen molar-refractivity contribution in [2.45, 2.75) is 31.0 Å². The molecule has 0 saturated carbocycles. The van der Waals surface area contributed by atoms with Gasteiger partial charge in [-0.3, -0.25) is 4.79 Å². The van der Waals surface area contributed by atoms with E-state index in [9.17, 15) is 4.79 Å². The number of rotatable bonds is 11. The fraction of sp³-hybridized carbons (Fsp3) is 0.243. The van der Waals surface area contributed by atoms with E-state index in [1.54, 1.807) is 19.1 Å². The first kappa shape index (κ1) is 30.9. The highest BCUT2D eigenvalue weighted by molar-refractivity contribution is 6.08. The van der Waals surface area contributed by atoms with Crippen molar-refractivity contribution >= 4 is 17.5 Å². The normalized spacial score (nSPS) is 18.3. The fourth-order valence-corrected chi connectivity index (χ4v) is 6.10. The molecule has 2 aliphatic rings. The van der Waals surface area contributed by atoms with Crippen LogP contribution in [0.5, 0.6) is 17.2 Å². The first-order chi connectivity index (χ1) is 23.5. The summed E-state index contributed by atoms with van der Waals surface area (Å²) in [5, 5.41) is 13.3. The van der Waals surface area contributed by atoms with E-state index in [4.69, 9.17) is 33.6 Å². The average molecular weight is 647 g/mol. The SMILES string of the molecule is COc1ccc(-c2nc(CN3C(=O)[C@@]4(Cc5ccccc53)N=C(c3ccc(OCCCO)cc3)O[C@H]4c3cccc(OC)c3)no2)cc1. The van der Waals surface area contributed by atoms with Crippen molar-refractivity contribution in [3.63, 3.8) is 0 Å². The Balaban J connectivity index is 1.27. The van der Waals surface area contributed by atoms with Crippen LogP contribution in [0.2, 0.25) is 0 Å². The Bertz CT molecular complexity index is 1940. The molecule has 5 aromatic rings. The zero-order valence-corrected chi connectivity index (χ0v) is 26.5. The molecule has 1 N–H and O–H groups in total. The number of carbonyl (C=O) groups excluding carboxylic acids is 1. The second-order valence-electron chi connectivity index (χ2n) is 11.5. The number of aliphatic imine (C=N–C) groups is 1. The highest BCUT2D eigenvalue weighted by Gasteiger charge is 2.57. The number of aliphatic hydroxyl groups excluding tert-OH is 1. The number of anilines is 1. The Hall–Kier alpha value is -5.68. The van der Waals surface area contributed by atoms with Crippen LogP contribution >= 0.6 is 0 Å². The molecule has 11 nitrogen and oxygen atoms in total. The van der Waals surface area contributed by atoms with Gasteiger partial charge in [0.1, 0.15) is 17.2 Å². The molecule has 0 aliphatic carbocycles. The molecule has 0 fully saturated rings. The first-order valence-electron chi connectivity index (χ1n) is 15.6. The number of ether oxygens (including phenoxy) is 4. The Kier molecular flexibility index (Phi) is 8.51. The number of hydrogen-bond acceptors (Lipinski definition) is 10. The van der Waals surface area contributed by atoms with E-state index in [2.05, 4.69) is 10.1 Å². The molecule has 2 atom stereocenters. The van der Waals surface area contributed by atoms with Gasteiger partial charge in [0, 0.05) is 36.3 Å². The number of aromatic nitrogens is 2. The van der Waals surface area contributed by atoms with Crippen molar-refractivity contribution in [3.05, 3.63) is 120 Å². The van der Waals surface area contributed by atoms with Crippen LogP contribution in [-0.2, 0) is 22.5 Å². The predicted molar refractivity (Wildman–Crippen MR) is 177 cm³/mol. The lowest BCUT2D eigenvalue weighted by atomic mass is 9.78. The largest absolute Gasteiger partial charge is 0.497 e. The zero-order chi connectivity index (χ0) is 33.1. The lowest BCUT2D eigenvalue weighted by molar-refractivity contribution is -0.127. The molecular formula is C37H34N4O7. The Labute approximate surface area is 277 Å². The third-order valence-corrected chi connectivity index (χ3v) is 8.50. The minimum absolute atomic E-state index is 0.0567. The van der Waals surface area contributed by atoms with Gasteiger partial charge in [-0.15, -0.1) is 0 Å². The van der Waals surface area contributed by atoms with Crippen LogP contribution in [0.15, 0.2) is 107 Å². The van der Waals surface area contributed by atoms with Crippen LogP contribution in [0.1, 0.15) is 35.0 Å². The summed E-state index contributed by atoms with van der Waals surface area (Å²) in [6, 6.07) is 30.0. The van der Waals surface area contributed by atoms with Gasteiger partial charge in [-0.05, 0) is 77.9 Å². The maximum absolute atomic E-state index is 14.9. The highest BCUT2D eigenvalue weighted by Crippen LogP contribution is 2.48. The lowest BCUT2D eigenvalue weighted by Gasteiger charge is -2.40. The van der Waals surface area contributed by atoms with Crippen molar-refractivity contribution in [1.82, 2.24) is 10.1 Å². The lowest BCUT2D eigenvalue weighted by Crippen LogP contribution is -2.55. The first-order valence-corrected chi connectivity index (χ1v) is 15.6. The number of nitrogens with zero attached hydrogens (tertiary/aromatic N) is 4. The topological polar surface area (TPSA) is 129 Å². The summed E-state index contributed by atoms with van der Waals surface area (Å²) in [5.41, 5.74) is 2.54. The molecule has 0 unspecified atom stereocenters. The van der Waals surface area contributed by atoms with Crippen molar-refractivity contribution in [2.24, 2.45) is 4.99 Å². The van der Waals surface area contributed by atoms with Gasteiger partial charge in [0.25, 0.3) is 11.8 Å². The van der Waals surface area contributed by atoms with Crippen molar-refractivity contribution in [3.8, 4) is 28.7 Å². The number of para-hydroxylation sites is 1. The number of methoxy groups -OCH3 is 2. The zero-order valence-electron chi connectivity index (χ0n) is 26.5. The fourth-order valence-electron chi connectivity index (χ4n) is 6.10. The number of carbonyl (C=O) groups is 1. The Morgan fingerprint density at radius 2 is 1.65 bits per heavy atom. The third kappa shape index (κ3) is 5.84. The van der Waals surface area contributed by atoms with Crippen LogP contribution in [0.3, 0.4) is 0 Å². The molecule has 3 heterocycles. The second-order valence-corrected chi connectivity index (χ2v) is 11.5. The molecule has 48 heavy (non-hydrogen) atoms. The van der Waals surface area contributed by atoms with Gasteiger partial charge in [0.2, 0.25) is 5.90 Å². The standard InChI is InChI=1S/C37H34N4O7/c1-44-28-15-11-24(12-16-28)34-38-32(40-48-34)23-41-31-10-4-3-7-27(31)22-37(36(41)43)33(26-8-5-9-30(21-26)45-2)47-35(39-37)25-13-17-29(18-14-25)46-20-6-19-42/h3-5,7-18,21,33,42H,6,19-20,22-23H2,1-2H3/t33-,37-/m0/s1. The van der Waals surface area contributed by atoms with E-state index >= 15 is 0 Å². The Morgan fingerprint density at radius 3 is 2.42 bits per heavy atom. The van der Waals surface area contributed by atoms with Crippen LogP contribution in [-0.4, -0.2) is 60.0 Å². The number of benzene rings is 4. The molecule has 1 aromatic heterocycles. The number of hydrogen-bond donors (Lipinski definition) is 1. The monoisotopic (exact) mass is 646 g/mol. The summed E-state index contributed by atoms with van der Waals surface area (Å²) in [4.78, 5) is 26.4. The third-order valence-electron chi connectivity index (χ3n) is 8.50. The predicted octanol–water partition coefficient (Wildman–Crippen LogP) is 5.56. The second kappa shape index (κ2) is 13.2. The molecule has 1 spiro atoms. The molecule has 0 bridgehead atoms. The molecule has 1 amide bonds. The molecule has 244 valence electrons. The maximum atomic E-state index is 14.9. The highest BCUT2D eigenvalue weighted by atomic mass is 16.5. The minimum Gasteiger partial charge on any atom is -0.497 e. The van der Waals surface area contributed by atoms with Gasteiger partial charge in [-0.1, -0.05) is 35.5 Å². The maximum Gasteiger partial charge on any atom is 0.260 e. The van der Waals surface area contributed by atoms with Gasteiger partial charge in [0.15, 0.2) is 17.5 Å². The van der Waals surface area contributed by atoms with E-state index in [1.807, 2.05) is 97.1 Å². The van der Waals surface area contributed by atoms with E-state index < -0.39 is 11.6 Å². The number of aliphatic hydroxyl groups is 1. The van der Waals surface area contributed by atoms with Gasteiger partial charge in [-0.2, -0.15) is 4.98 Å². The minimum atomic E-state index is -1.34. The van der Waals surface area contributed by atoms with Crippen molar-refractivity contribution < 1.29 is 33.4 Å². The molecule has 4 aromatic carbocycles. The van der Waals surface area contributed by atoms with E-state index in [0.29, 0.717) is 59.9 Å². The summed E-state index contributed by atoms with van der Waals surface area (Å²) in [5.74, 6) is 2.80.